The molecule has 0 radical (unpaired) electrons. The fourth-order valence-electron chi connectivity index (χ4n) is 2.28. The molecule has 3 rings (SSSR count). The van der Waals surface area contributed by atoms with E-state index in [1.54, 1.807) is 0 Å². The predicted molar refractivity (Wildman–Crippen MR) is 85.5 cm³/mol. The van der Waals surface area contributed by atoms with Crippen LogP contribution in [0.15, 0.2) is 60.7 Å². The van der Waals surface area contributed by atoms with Crippen LogP contribution in [0.2, 0.25) is 5.02 Å². The Kier molecular flexibility index (Phi) is 3.53. The Morgan fingerprint density at radius 1 is 0.850 bits per heavy atom. The van der Waals surface area contributed by atoms with Gasteiger partial charge in [0.25, 0.3) is 0 Å². The molecule has 0 aliphatic heterocycles. The van der Waals surface area contributed by atoms with Crippen molar-refractivity contribution >= 4 is 34.7 Å². The van der Waals surface area contributed by atoms with Crippen molar-refractivity contribution in [3.05, 3.63) is 76.9 Å². The molecule has 0 aliphatic rings. The number of aromatic nitrogens is 1. The first kappa shape index (κ1) is 12.9. The number of aryl methyl sites for hydroxylation is 1. The van der Waals surface area contributed by atoms with Crippen molar-refractivity contribution in [2.24, 2.45) is 7.05 Å². The van der Waals surface area contributed by atoms with Crippen molar-refractivity contribution in [1.82, 2.24) is 0 Å². The Bertz CT molecular complexity index is 773. The summed E-state index contributed by atoms with van der Waals surface area (Å²) in [6.45, 7) is 0. The zero-order chi connectivity index (χ0) is 13.9. The van der Waals surface area contributed by atoms with Crippen LogP contribution in [-0.4, -0.2) is 0 Å². The molecule has 98 valence electrons. The van der Waals surface area contributed by atoms with Crippen molar-refractivity contribution in [3.63, 3.8) is 0 Å². The molecule has 0 saturated heterocycles. The van der Waals surface area contributed by atoms with Crippen molar-refractivity contribution in [2.75, 3.05) is 0 Å². The smallest absolute Gasteiger partial charge is 0.195 e. The van der Waals surface area contributed by atoms with Gasteiger partial charge in [0.2, 0.25) is 11.2 Å². The lowest BCUT2D eigenvalue weighted by Crippen LogP contribution is -2.32. The highest BCUT2D eigenvalue weighted by molar-refractivity contribution is 6.30. The van der Waals surface area contributed by atoms with Gasteiger partial charge in [-0.15, -0.1) is 0 Å². The molecule has 3 aromatic rings. The zero-order valence-corrected chi connectivity index (χ0v) is 12.0. The van der Waals surface area contributed by atoms with Crippen LogP contribution in [0.3, 0.4) is 0 Å². The van der Waals surface area contributed by atoms with Crippen molar-refractivity contribution in [2.45, 2.75) is 0 Å². The van der Waals surface area contributed by atoms with E-state index in [4.69, 9.17) is 11.6 Å². The minimum atomic E-state index is 0.762. The molecule has 0 aliphatic carbocycles. The van der Waals surface area contributed by atoms with Gasteiger partial charge in [-0.25, -0.2) is 0 Å². The van der Waals surface area contributed by atoms with Gasteiger partial charge >= 0.3 is 0 Å². The first-order valence-electron chi connectivity index (χ1n) is 6.55. The molecule has 1 nitrogen and oxygen atoms in total. The second kappa shape index (κ2) is 5.48. The number of nitrogens with zero attached hydrogens (tertiary/aromatic N) is 1. The molecule has 0 atom stereocenters. The standard InChI is InChI=1S/C18H15ClN/c1-20-17(12-8-14-6-10-16(19)11-7-14)13-9-15-4-2-3-5-18(15)20/h2-13H,1H3/q+1/b12-8-. The normalized spacial score (nSPS) is 11.3. The number of hydrogen-bond donors (Lipinski definition) is 0. The van der Waals surface area contributed by atoms with E-state index in [0.717, 1.165) is 10.6 Å². The van der Waals surface area contributed by atoms with E-state index in [2.05, 4.69) is 60.2 Å². The molecule has 0 spiro atoms. The van der Waals surface area contributed by atoms with Gasteiger partial charge in [-0.1, -0.05) is 35.9 Å². The van der Waals surface area contributed by atoms with Crippen LogP contribution in [0.25, 0.3) is 23.1 Å². The number of benzene rings is 2. The van der Waals surface area contributed by atoms with E-state index >= 15 is 0 Å². The summed E-state index contributed by atoms with van der Waals surface area (Å²) in [6.07, 6.45) is 4.22. The van der Waals surface area contributed by atoms with Gasteiger partial charge in [-0.2, -0.15) is 4.57 Å². The van der Waals surface area contributed by atoms with Crippen molar-refractivity contribution in [3.8, 4) is 0 Å². The number of pyridine rings is 1. The minimum absolute atomic E-state index is 0.762. The van der Waals surface area contributed by atoms with Gasteiger partial charge in [-0.3, -0.25) is 0 Å². The lowest BCUT2D eigenvalue weighted by atomic mass is 10.1. The molecule has 0 saturated carbocycles. The third-order valence-electron chi connectivity index (χ3n) is 3.44. The summed E-state index contributed by atoms with van der Waals surface area (Å²) in [4.78, 5) is 0. The van der Waals surface area contributed by atoms with Crippen LogP contribution in [0, 0.1) is 0 Å². The summed E-state index contributed by atoms with van der Waals surface area (Å²) < 4.78 is 2.20. The molecule has 0 unspecified atom stereocenters. The SMILES string of the molecule is C[n+]1c(/C=C\c2ccc(Cl)cc2)ccc2ccccc21. The third-order valence-corrected chi connectivity index (χ3v) is 3.69. The molecule has 2 heteroatoms. The van der Waals surface area contributed by atoms with Gasteiger partial charge in [0.1, 0.15) is 7.05 Å². The lowest BCUT2D eigenvalue weighted by Gasteiger charge is -1.99. The molecule has 2 aromatic carbocycles. The first-order chi connectivity index (χ1) is 9.74. The van der Waals surface area contributed by atoms with Crippen LogP contribution in [0.5, 0.6) is 0 Å². The quantitative estimate of drug-likeness (QED) is 0.609. The molecule has 0 bridgehead atoms. The highest BCUT2D eigenvalue weighted by Crippen LogP contribution is 2.14. The molecule has 0 amide bonds. The van der Waals surface area contributed by atoms with Crippen molar-refractivity contribution in [1.29, 1.82) is 0 Å². The topological polar surface area (TPSA) is 3.88 Å². The van der Waals surface area contributed by atoms with Gasteiger partial charge in [0.15, 0.2) is 0 Å². The Morgan fingerprint density at radius 3 is 2.40 bits per heavy atom. The third kappa shape index (κ3) is 2.59. The number of halogens is 1. The number of para-hydroxylation sites is 1. The van der Waals surface area contributed by atoms with Crippen LogP contribution in [-0.2, 0) is 7.05 Å². The summed E-state index contributed by atoms with van der Waals surface area (Å²) in [6, 6.07) is 20.5. The molecule has 1 heterocycles. The largest absolute Gasteiger partial charge is 0.212 e. The Balaban J connectivity index is 1.98. The zero-order valence-electron chi connectivity index (χ0n) is 11.3. The summed E-state index contributed by atoms with van der Waals surface area (Å²) in [5, 5.41) is 2.01. The van der Waals surface area contributed by atoms with Crippen LogP contribution >= 0.6 is 11.6 Å². The van der Waals surface area contributed by atoms with E-state index in [-0.39, 0.29) is 0 Å². The summed E-state index contributed by atoms with van der Waals surface area (Å²) in [5.41, 5.74) is 3.53. The molecule has 0 fully saturated rings. The molecule has 1 aromatic heterocycles. The summed E-state index contributed by atoms with van der Waals surface area (Å²) in [7, 11) is 2.09. The first-order valence-corrected chi connectivity index (χ1v) is 6.93. The Morgan fingerprint density at radius 2 is 1.60 bits per heavy atom. The summed E-state index contributed by atoms with van der Waals surface area (Å²) >= 11 is 5.89. The van der Waals surface area contributed by atoms with E-state index in [9.17, 15) is 0 Å². The fourth-order valence-corrected chi connectivity index (χ4v) is 2.41. The minimum Gasteiger partial charge on any atom is -0.195 e. The highest BCUT2D eigenvalue weighted by atomic mass is 35.5. The van der Waals surface area contributed by atoms with Crippen LogP contribution in [0.1, 0.15) is 11.3 Å². The molecular weight excluding hydrogens is 266 g/mol. The lowest BCUT2D eigenvalue weighted by molar-refractivity contribution is -0.646. The molecular formula is C18H15ClN+. The van der Waals surface area contributed by atoms with E-state index < -0.39 is 0 Å². The summed E-state index contributed by atoms with van der Waals surface area (Å²) in [5.74, 6) is 0. The van der Waals surface area contributed by atoms with E-state index in [1.807, 2.05) is 24.3 Å². The maximum Gasteiger partial charge on any atom is 0.212 e. The van der Waals surface area contributed by atoms with Crippen molar-refractivity contribution < 1.29 is 4.57 Å². The van der Waals surface area contributed by atoms with E-state index in [0.29, 0.717) is 0 Å². The fraction of sp³-hybridized carbons (Fsp3) is 0.0556. The Labute approximate surface area is 123 Å². The van der Waals surface area contributed by atoms with Crippen LogP contribution < -0.4 is 4.57 Å². The maximum atomic E-state index is 5.89. The number of rotatable bonds is 2. The predicted octanol–water partition coefficient (Wildman–Crippen LogP) is 4.49. The second-order valence-electron chi connectivity index (χ2n) is 4.76. The monoisotopic (exact) mass is 280 g/mol. The molecule has 0 N–H and O–H groups in total. The average molecular weight is 281 g/mol. The van der Waals surface area contributed by atoms with E-state index in [1.165, 1.54) is 16.6 Å². The highest BCUT2D eigenvalue weighted by Gasteiger charge is 2.07. The molecule has 20 heavy (non-hydrogen) atoms. The van der Waals surface area contributed by atoms with Gasteiger partial charge in [0, 0.05) is 28.6 Å². The second-order valence-corrected chi connectivity index (χ2v) is 5.20. The number of fused-ring (bicyclic) bond motifs is 1. The van der Waals surface area contributed by atoms with Gasteiger partial charge in [-0.05, 0) is 35.9 Å². The average Bonchev–Trinajstić information content (AvgIpc) is 2.49. The Hall–Kier alpha value is -2.12. The maximum absolute atomic E-state index is 5.89. The van der Waals surface area contributed by atoms with Crippen LogP contribution in [0.4, 0.5) is 0 Å². The number of hydrogen-bond acceptors (Lipinski definition) is 0. The van der Waals surface area contributed by atoms with Gasteiger partial charge < -0.3 is 0 Å². The van der Waals surface area contributed by atoms with Gasteiger partial charge in [0.05, 0.1) is 0 Å².